The molecule has 0 spiro atoms. The summed E-state index contributed by atoms with van der Waals surface area (Å²) in [6, 6.07) is 6.51. The predicted octanol–water partition coefficient (Wildman–Crippen LogP) is 2.16. The molecule has 27 heavy (non-hydrogen) atoms. The summed E-state index contributed by atoms with van der Waals surface area (Å²) in [6.07, 6.45) is 3.36. The van der Waals surface area contributed by atoms with Crippen molar-refractivity contribution in [3.8, 4) is 0 Å². The molecular weight excluding hydrogens is 349 g/mol. The second kappa shape index (κ2) is 7.86. The molecule has 148 valence electrons. The smallest absolute Gasteiger partial charge is 0.222 e. The SMILES string of the molecule is O=C(CCCc1ccc(F)cc1)N1C[C@H]2COCC[C@@]2(O)[C@@H]2COCC[C@@H]21. The monoisotopic (exact) mass is 377 g/mol. The number of rotatable bonds is 4. The lowest BCUT2D eigenvalue weighted by Gasteiger charge is -2.57. The van der Waals surface area contributed by atoms with Gasteiger partial charge in [-0.2, -0.15) is 0 Å². The molecule has 0 saturated carbocycles. The first-order chi connectivity index (χ1) is 13.1. The molecule has 3 fully saturated rings. The van der Waals surface area contributed by atoms with E-state index in [0.717, 1.165) is 24.8 Å². The van der Waals surface area contributed by atoms with Crippen LogP contribution >= 0.6 is 0 Å². The molecule has 6 heteroatoms. The average molecular weight is 377 g/mol. The topological polar surface area (TPSA) is 59.0 Å². The summed E-state index contributed by atoms with van der Waals surface area (Å²) in [5, 5.41) is 11.3. The second-order valence-electron chi connectivity index (χ2n) is 8.08. The third kappa shape index (κ3) is 3.75. The third-order valence-electron chi connectivity index (χ3n) is 6.54. The van der Waals surface area contributed by atoms with Gasteiger partial charge in [0.1, 0.15) is 5.82 Å². The molecule has 0 unspecified atom stereocenters. The number of amides is 1. The van der Waals surface area contributed by atoms with Crippen LogP contribution in [0.1, 0.15) is 31.2 Å². The van der Waals surface area contributed by atoms with Crippen molar-refractivity contribution in [1.82, 2.24) is 4.90 Å². The van der Waals surface area contributed by atoms with E-state index in [1.807, 2.05) is 4.90 Å². The molecule has 1 N–H and O–H groups in total. The van der Waals surface area contributed by atoms with Crippen LogP contribution in [0.2, 0.25) is 0 Å². The maximum atomic E-state index is 13.0. The summed E-state index contributed by atoms with van der Waals surface area (Å²) >= 11 is 0. The molecule has 0 aliphatic carbocycles. The van der Waals surface area contributed by atoms with Crippen molar-refractivity contribution in [3.05, 3.63) is 35.6 Å². The second-order valence-corrected chi connectivity index (χ2v) is 8.08. The van der Waals surface area contributed by atoms with Gasteiger partial charge in [0.05, 0.1) is 18.8 Å². The maximum Gasteiger partial charge on any atom is 0.222 e. The Morgan fingerprint density at radius 2 is 2.00 bits per heavy atom. The van der Waals surface area contributed by atoms with Gasteiger partial charge in [0, 0.05) is 50.5 Å². The highest BCUT2D eigenvalue weighted by Crippen LogP contribution is 2.44. The van der Waals surface area contributed by atoms with Crippen molar-refractivity contribution in [2.75, 3.05) is 33.0 Å². The van der Waals surface area contributed by atoms with E-state index in [0.29, 0.717) is 45.8 Å². The van der Waals surface area contributed by atoms with E-state index < -0.39 is 5.60 Å². The first kappa shape index (κ1) is 18.8. The quantitative estimate of drug-likeness (QED) is 0.874. The minimum Gasteiger partial charge on any atom is -0.389 e. The van der Waals surface area contributed by atoms with Crippen molar-refractivity contribution in [3.63, 3.8) is 0 Å². The summed E-state index contributed by atoms with van der Waals surface area (Å²) < 4.78 is 24.3. The van der Waals surface area contributed by atoms with Crippen molar-refractivity contribution in [2.24, 2.45) is 11.8 Å². The number of carbonyl (C=O) groups excluding carboxylic acids is 1. The van der Waals surface area contributed by atoms with Crippen molar-refractivity contribution in [2.45, 2.75) is 43.7 Å². The number of aliphatic hydroxyl groups is 1. The molecule has 3 saturated heterocycles. The molecule has 1 aromatic rings. The Morgan fingerprint density at radius 1 is 1.22 bits per heavy atom. The fourth-order valence-electron chi connectivity index (χ4n) is 4.98. The largest absolute Gasteiger partial charge is 0.389 e. The zero-order valence-electron chi connectivity index (χ0n) is 15.6. The van der Waals surface area contributed by atoms with Crippen LogP contribution in [0.3, 0.4) is 0 Å². The molecular formula is C21H28FNO4. The molecule has 4 atom stereocenters. The van der Waals surface area contributed by atoms with Gasteiger partial charge in [0.25, 0.3) is 0 Å². The van der Waals surface area contributed by atoms with E-state index in [-0.39, 0.29) is 29.6 Å². The van der Waals surface area contributed by atoms with Crippen LogP contribution in [0.15, 0.2) is 24.3 Å². The first-order valence-electron chi connectivity index (χ1n) is 10.00. The summed E-state index contributed by atoms with van der Waals surface area (Å²) in [4.78, 5) is 15.0. The fourth-order valence-corrected chi connectivity index (χ4v) is 4.98. The van der Waals surface area contributed by atoms with E-state index in [9.17, 15) is 14.3 Å². The standard InChI is InChI=1S/C21H28FNO4/c22-17-6-4-15(5-7-17)2-1-3-20(24)23-12-16-13-27-11-9-21(16,25)18-14-26-10-8-19(18)23/h4-7,16,18-19,25H,1-3,8-14H2/t16-,18+,19-,21-/m0/s1. The fraction of sp³-hybridized carbons (Fsp3) is 0.667. The van der Waals surface area contributed by atoms with E-state index in [1.54, 1.807) is 12.1 Å². The molecule has 3 aliphatic rings. The predicted molar refractivity (Wildman–Crippen MR) is 97.6 cm³/mol. The van der Waals surface area contributed by atoms with E-state index >= 15 is 0 Å². The Balaban J connectivity index is 1.40. The minimum atomic E-state index is -0.784. The maximum absolute atomic E-state index is 13.0. The lowest BCUT2D eigenvalue weighted by atomic mass is 9.66. The van der Waals surface area contributed by atoms with Crippen LogP contribution in [0, 0.1) is 17.7 Å². The number of aryl methyl sites for hydroxylation is 1. The van der Waals surface area contributed by atoms with Crippen molar-refractivity contribution in [1.29, 1.82) is 0 Å². The van der Waals surface area contributed by atoms with Gasteiger partial charge in [-0.3, -0.25) is 4.79 Å². The van der Waals surface area contributed by atoms with E-state index in [2.05, 4.69) is 0 Å². The van der Waals surface area contributed by atoms with Gasteiger partial charge < -0.3 is 19.5 Å². The molecule has 1 aromatic carbocycles. The van der Waals surface area contributed by atoms with Gasteiger partial charge in [0.15, 0.2) is 0 Å². The highest BCUT2D eigenvalue weighted by atomic mass is 19.1. The molecule has 0 aromatic heterocycles. The minimum absolute atomic E-state index is 0.0325. The van der Waals surface area contributed by atoms with Crippen LogP contribution in [-0.4, -0.2) is 60.5 Å². The van der Waals surface area contributed by atoms with Crippen LogP contribution in [0.25, 0.3) is 0 Å². The molecule has 5 nitrogen and oxygen atoms in total. The van der Waals surface area contributed by atoms with Crippen LogP contribution in [-0.2, 0) is 20.7 Å². The lowest BCUT2D eigenvalue weighted by Crippen LogP contribution is -2.68. The number of nitrogens with zero attached hydrogens (tertiary/aromatic N) is 1. The van der Waals surface area contributed by atoms with Gasteiger partial charge in [0.2, 0.25) is 5.91 Å². The third-order valence-corrected chi connectivity index (χ3v) is 6.54. The molecule has 3 heterocycles. The lowest BCUT2D eigenvalue weighted by molar-refractivity contribution is -0.219. The van der Waals surface area contributed by atoms with Crippen LogP contribution in [0.4, 0.5) is 4.39 Å². The zero-order chi connectivity index (χ0) is 18.9. The van der Waals surface area contributed by atoms with Gasteiger partial charge in [-0.15, -0.1) is 0 Å². The Morgan fingerprint density at radius 3 is 2.81 bits per heavy atom. The normalized spacial score (nSPS) is 33.3. The molecule has 1 amide bonds. The van der Waals surface area contributed by atoms with E-state index in [4.69, 9.17) is 9.47 Å². The Labute approximate surface area is 159 Å². The number of ether oxygens (including phenoxy) is 2. The number of fused-ring (bicyclic) bond motifs is 3. The Kier molecular flexibility index (Phi) is 5.48. The average Bonchev–Trinajstić information content (AvgIpc) is 2.69. The molecule has 0 radical (unpaired) electrons. The van der Waals surface area contributed by atoms with Crippen LogP contribution in [0.5, 0.6) is 0 Å². The number of carbonyl (C=O) groups is 1. The Hall–Kier alpha value is -1.50. The number of hydrogen-bond acceptors (Lipinski definition) is 4. The van der Waals surface area contributed by atoms with E-state index in [1.165, 1.54) is 12.1 Å². The zero-order valence-corrected chi connectivity index (χ0v) is 15.6. The number of hydrogen-bond donors (Lipinski definition) is 1. The highest BCUT2D eigenvalue weighted by molar-refractivity contribution is 5.77. The summed E-state index contributed by atoms with van der Waals surface area (Å²) in [5.41, 5.74) is 0.260. The first-order valence-corrected chi connectivity index (χ1v) is 10.00. The molecule has 4 rings (SSSR count). The number of piperidine rings is 1. The molecule has 3 aliphatic heterocycles. The number of halogens is 1. The van der Waals surface area contributed by atoms with Crippen molar-refractivity contribution >= 4 is 5.91 Å². The number of likely N-dealkylation sites (tertiary alicyclic amines) is 1. The van der Waals surface area contributed by atoms with Crippen molar-refractivity contribution < 1.29 is 23.8 Å². The highest BCUT2D eigenvalue weighted by Gasteiger charge is 2.56. The number of benzene rings is 1. The van der Waals surface area contributed by atoms with Crippen LogP contribution < -0.4 is 0 Å². The van der Waals surface area contributed by atoms with Gasteiger partial charge in [-0.05, 0) is 37.0 Å². The summed E-state index contributed by atoms with van der Waals surface area (Å²) in [5.74, 6) is -0.178. The Bertz CT molecular complexity index is 667. The summed E-state index contributed by atoms with van der Waals surface area (Å²) in [7, 11) is 0. The summed E-state index contributed by atoms with van der Waals surface area (Å²) in [6.45, 7) is 2.78. The molecule has 0 bridgehead atoms. The van der Waals surface area contributed by atoms with Gasteiger partial charge >= 0.3 is 0 Å². The van der Waals surface area contributed by atoms with Gasteiger partial charge in [-0.1, -0.05) is 12.1 Å². The van der Waals surface area contributed by atoms with Gasteiger partial charge in [-0.25, -0.2) is 4.39 Å².